The van der Waals surface area contributed by atoms with Crippen molar-refractivity contribution in [2.24, 2.45) is 0 Å². The van der Waals surface area contributed by atoms with Crippen molar-refractivity contribution in [2.75, 3.05) is 5.32 Å². The monoisotopic (exact) mass is 441 g/mol. The lowest BCUT2D eigenvalue weighted by Gasteiger charge is -2.09. The molecule has 0 aliphatic heterocycles. The number of nitrogens with one attached hydrogen (secondary N) is 2. The summed E-state index contributed by atoms with van der Waals surface area (Å²) >= 11 is 15.8. The smallest absolute Gasteiger partial charge is 0.274 e. The van der Waals surface area contributed by atoms with Gasteiger partial charge in [0.2, 0.25) is 0 Å². The van der Waals surface area contributed by atoms with Gasteiger partial charge in [0.15, 0.2) is 0 Å². The highest BCUT2D eigenvalue weighted by molar-refractivity contribution is 9.10. The van der Waals surface area contributed by atoms with Gasteiger partial charge in [-0.05, 0) is 41.9 Å². The third-order valence-electron chi connectivity index (χ3n) is 3.81. The van der Waals surface area contributed by atoms with Crippen LogP contribution in [-0.4, -0.2) is 25.9 Å². The minimum Gasteiger partial charge on any atom is -0.317 e. The first-order valence-corrected chi connectivity index (χ1v) is 8.90. The van der Waals surface area contributed by atoms with E-state index < -0.39 is 0 Å². The van der Waals surface area contributed by atoms with Crippen molar-refractivity contribution in [1.29, 1.82) is 0 Å². The lowest BCUT2D eigenvalue weighted by Crippen LogP contribution is -2.14. The van der Waals surface area contributed by atoms with E-state index in [1.807, 2.05) is 13.8 Å². The minimum atomic E-state index is -0.300. The molecule has 0 fully saturated rings. The number of hydrogen-bond acceptors (Lipinski definition) is 3. The lowest BCUT2D eigenvalue weighted by atomic mass is 10.2. The number of H-pyrrole nitrogens is 1. The molecule has 6 nitrogen and oxygen atoms in total. The molecular weight excluding hydrogens is 429 g/mol. The van der Waals surface area contributed by atoms with E-state index >= 15 is 0 Å². The molecule has 1 amide bonds. The van der Waals surface area contributed by atoms with Gasteiger partial charge < -0.3 is 5.32 Å². The first kappa shape index (κ1) is 18.0. The summed E-state index contributed by atoms with van der Waals surface area (Å²) in [6.45, 7) is 4.12. The van der Waals surface area contributed by atoms with E-state index in [9.17, 15) is 4.79 Å². The van der Waals surface area contributed by atoms with Crippen molar-refractivity contribution >= 4 is 50.7 Å². The Balaban J connectivity index is 1.89. The van der Waals surface area contributed by atoms with Crippen molar-refractivity contribution in [3.63, 3.8) is 0 Å². The first-order valence-electron chi connectivity index (χ1n) is 7.35. The number of halogens is 3. The molecule has 2 N–H and O–H groups in total. The van der Waals surface area contributed by atoms with Crippen molar-refractivity contribution in [2.45, 2.75) is 20.4 Å². The predicted molar refractivity (Wildman–Crippen MR) is 102 cm³/mol. The molecule has 25 heavy (non-hydrogen) atoms. The van der Waals surface area contributed by atoms with Crippen LogP contribution in [0.3, 0.4) is 0 Å². The van der Waals surface area contributed by atoms with E-state index in [2.05, 4.69) is 36.5 Å². The van der Waals surface area contributed by atoms with Crippen LogP contribution in [0.2, 0.25) is 10.0 Å². The summed E-state index contributed by atoms with van der Waals surface area (Å²) in [5.74, 6) is -0.300. The number of carbonyl (C=O) groups excluding carboxylic acids is 1. The number of aromatic amines is 1. The van der Waals surface area contributed by atoms with Gasteiger partial charge in [0.25, 0.3) is 5.91 Å². The van der Waals surface area contributed by atoms with Gasteiger partial charge in [0, 0.05) is 15.6 Å². The Bertz CT molecular complexity index is 930. The van der Waals surface area contributed by atoms with E-state index in [0.717, 1.165) is 11.3 Å². The SMILES string of the molecule is Cc1nn(Cc2c(Cl)cccc2Cl)c(C)c1NC(=O)c1[nH]ncc1Br. The highest BCUT2D eigenvalue weighted by atomic mass is 79.9. The maximum atomic E-state index is 12.4. The summed E-state index contributed by atoms with van der Waals surface area (Å²) in [7, 11) is 0. The van der Waals surface area contributed by atoms with E-state index in [1.54, 1.807) is 22.9 Å². The largest absolute Gasteiger partial charge is 0.317 e. The fourth-order valence-electron chi connectivity index (χ4n) is 2.47. The van der Waals surface area contributed by atoms with Crippen LogP contribution >= 0.6 is 39.1 Å². The van der Waals surface area contributed by atoms with E-state index in [0.29, 0.717) is 38.1 Å². The van der Waals surface area contributed by atoms with Crippen molar-refractivity contribution in [3.05, 3.63) is 61.6 Å². The van der Waals surface area contributed by atoms with Crippen LogP contribution in [0.25, 0.3) is 0 Å². The molecule has 0 aliphatic rings. The number of hydrogen-bond donors (Lipinski definition) is 2. The Morgan fingerprint density at radius 3 is 2.60 bits per heavy atom. The quantitative estimate of drug-likeness (QED) is 0.620. The van der Waals surface area contributed by atoms with E-state index in [-0.39, 0.29) is 5.91 Å². The van der Waals surface area contributed by atoms with E-state index in [1.165, 1.54) is 6.20 Å². The molecule has 130 valence electrons. The van der Waals surface area contributed by atoms with Gasteiger partial charge in [-0.2, -0.15) is 10.2 Å². The van der Waals surface area contributed by atoms with Crippen LogP contribution in [0.1, 0.15) is 27.4 Å². The van der Waals surface area contributed by atoms with Crippen molar-refractivity contribution in [1.82, 2.24) is 20.0 Å². The summed E-state index contributed by atoms with van der Waals surface area (Å²) in [6, 6.07) is 5.36. The van der Waals surface area contributed by atoms with Crippen LogP contribution in [0, 0.1) is 13.8 Å². The molecule has 1 aromatic carbocycles. The molecule has 3 rings (SSSR count). The number of nitrogens with zero attached hydrogens (tertiary/aromatic N) is 3. The highest BCUT2D eigenvalue weighted by Gasteiger charge is 2.19. The summed E-state index contributed by atoms with van der Waals surface area (Å²) in [6.07, 6.45) is 1.53. The summed E-state index contributed by atoms with van der Waals surface area (Å²) in [5.41, 5.74) is 3.28. The van der Waals surface area contributed by atoms with Crippen LogP contribution in [0.4, 0.5) is 5.69 Å². The van der Waals surface area contributed by atoms with Crippen LogP contribution < -0.4 is 5.32 Å². The second kappa shape index (κ2) is 7.19. The number of anilines is 1. The minimum absolute atomic E-state index is 0.300. The first-order chi connectivity index (χ1) is 11.9. The zero-order valence-electron chi connectivity index (χ0n) is 13.4. The lowest BCUT2D eigenvalue weighted by molar-refractivity contribution is 0.102. The average molecular weight is 443 g/mol. The molecule has 2 heterocycles. The Hall–Kier alpha value is -1.83. The third kappa shape index (κ3) is 3.58. The Morgan fingerprint density at radius 1 is 1.32 bits per heavy atom. The second-order valence-corrected chi connectivity index (χ2v) is 7.12. The fourth-order valence-corrected chi connectivity index (χ4v) is 3.36. The van der Waals surface area contributed by atoms with Crippen molar-refractivity contribution < 1.29 is 4.79 Å². The van der Waals surface area contributed by atoms with Crippen LogP contribution in [0.15, 0.2) is 28.9 Å². The van der Waals surface area contributed by atoms with Gasteiger partial charge >= 0.3 is 0 Å². The topological polar surface area (TPSA) is 75.6 Å². The summed E-state index contributed by atoms with van der Waals surface area (Å²) < 4.78 is 2.36. The molecule has 0 bridgehead atoms. The third-order valence-corrected chi connectivity index (χ3v) is 5.12. The summed E-state index contributed by atoms with van der Waals surface area (Å²) in [5, 5.41) is 15.0. The molecule has 0 saturated heterocycles. The zero-order chi connectivity index (χ0) is 18.1. The van der Waals surface area contributed by atoms with Gasteiger partial charge in [-0.25, -0.2) is 0 Å². The molecule has 0 aliphatic carbocycles. The molecular formula is C16H14BrCl2N5O. The summed E-state index contributed by atoms with van der Waals surface area (Å²) in [4.78, 5) is 12.4. The predicted octanol–water partition coefficient (Wildman–Crippen LogP) is 4.59. The number of aryl methyl sites for hydroxylation is 1. The molecule has 0 atom stereocenters. The van der Waals surface area contributed by atoms with Gasteiger partial charge in [0.1, 0.15) is 5.69 Å². The zero-order valence-corrected chi connectivity index (χ0v) is 16.5. The van der Waals surface area contributed by atoms with Crippen molar-refractivity contribution in [3.8, 4) is 0 Å². The fraction of sp³-hybridized carbons (Fsp3) is 0.188. The maximum absolute atomic E-state index is 12.4. The highest BCUT2D eigenvalue weighted by Crippen LogP contribution is 2.28. The number of benzene rings is 1. The number of rotatable bonds is 4. The normalized spacial score (nSPS) is 10.9. The van der Waals surface area contributed by atoms with E-state index in [4.69, 9.17) is 23.2 Å². The van der Waals surface area contributed by atoms with Gasteiger partial charge in [0.05, 0.1) is 34.3 Å². The van der Waals surface area contributed by atoms with Gasteiger partial charge in [-0.1, -0.05) is 29.3 Å². The molecule has 3 aromatic rings. The molecule has 0 radical (unpaired) electrons. The molecule has 9 heteroatoms. The molecule has 0 saturated carbocycles. The standard InChI is InChI=1S/C16H14BrCl2N5O/c1-8-14(21-16(25)15-11(17)6-20-22-15)9(2)24(23-8)7-10-12(18)4-3-5-13(10)19/h3-6H,7H2,1-2H3,(H,20,22)(H,21,25). The Labute approximate surface area is 162 Å². The molecule has 2 aromatic heterocycles. The maximum Gasteiger partial charge on any atom is 0.274 e. The Morgan fingerprint density at radius 2 is 2.00 bits per heavy atom. The van der Waals surface area contributed by atoms with Crippen LogP contribution in [-0.2, 0) is 6.54 Å². The molecule has 0 spiro atoms. The number of carbonyl (C=O) groups is 1. The second-order valence-electron chi connectivity index (χ2n) is 5.45. The van der Waals surface area contributed by atoms with Gasteiger partial charge in [-0.3, -0.25) is 14.6 Å². The van der Waals surface area contributed by atoms with Gasteiger partial charge in [-0.15, -0.1) is 0 Å². The molecule has 0 unspecified atom stereocenters. The number of amides is 1. The Kier molecular flexibility index (Phi) is 5.17. The average Bonchev–Trinajstić information content (AvgIpc) is 3.09. The van der Waals surface area contributed by atoms with Crippen LogP contribution in [0.5, 0.6) is 0 Å². The number of aromatic nitrogens is 4.